The zero-order valence-corrected chi connectivity index (χ0v) is 9.33. The second-order valence-electron chi connectivity index (χ2n) is 4.58. The van der Waals surface area contributed by atoms with E-state index in [0.717, 1.165) is 18.9 Å². The number of benzene rings is 1. The van der Waals surface area contributed by atoms with Crippen molar-refractivity contribution < 1.29 is 18.7 Å². The molecule has 1 aliphatic rings. The summed E-state index contributed by atoms with van der Waals surface area (Å²) in [5, 5.41) is 9.02. The molecule has 1 saturated carbocycles. The standard InChI is InChI=1S/C13H14F2O2/c14-10-5-4-9(12(15)7-10)6-8-2-1-3-11(8)13(16)17/h4-5,7-8,11H,1-3,6H2,(H,16,17). The van der Waals surface area contributed by atoms with E-state index in [4.69, 9.17) is 5.11 Å². The van der Waals surface area contributed by atoms with Gasteiger partial charge in [-0.05, 0) is 36.8 Å². The van der Waals surface area contributed by atoms with Gasteiger partial charge in [-0.15, -0.1) is 0 Å². The summed E-state index contributed by atoms with van der Waals surface area (Å²) in [6.07, 6.45) is 2.70. The van der Waals surface area contributed by atoms with E-state index in [1.807, 2.05) is 0 Å². The Kier molecular flexibility index (Phi) is 3.41. The first-order valence-electron chi connectivity index (χ1n) is 5.74. The van der Waals surface area contributed by atoms with Crippen molar-refractivity contribution in [1.82, 2.24) is 0 Å². The normalized spacial score (nSPS) is 23.9. The summed E-state index contributed by atoms with van der Waals surface area (Å²) in [7, 11) is 0. The van der Waals surface area contributed by atoms with E-state index in [0.29, 0.717) is 18.4 Å². The Hall–Kier alpha value is -1.45. The van der Waals surface area contributed by atoms with Crippen molar-refractivity contribution in [3.63, 3.8) is 0 Å². The largest absolute Gasteiger partial charge is 0.481 e. The van der Waals surface area contributed by atoms with Gasteiger partial charge in [0.1, 0.15) is 11.6 Å². The summed E-state index contributed by atoms with van der Waals surface area (Å²) in [6, 6.07) is 3.46. The van der Waals surface area contributed by atoms with Crippen LogP contribution in [0.25, 0.3) is 0 Å². The number of aliphatic carboxylic acids is 1. The van der Waals surface area contributed by atoms with Crippen LogP contribution < -0.4 is 0 Å². The molecular weight excluding hydrogens is 226 g/mol. The SMILES string of the molecule is O=C(O)C1CCCC1Cc1ccc(F)cc1F. The number of rotatable bonds is 3. The molecule has 2 nitrogen and oxygen atoms in total. The van der Waals surface area contributed by atoms with Gasteiger partial charge in [0, 0.05) is 6.07 Å². The summed E-state index contributed by atoms with van der Waals surface area (Å²) in [4.78, 5) is 11.0. The van der Waals surface area contributed by atoms with Crippen LogP contribution in [0.3, 0.4) is 0 Å². The second kappa shape index (κ2) is 4.82. The molecule has 0 aliphatic heterocycles. The lowest BCUT2D eigenvalue weighted by Gasteiger charge is -2.15. The molecule has 4 heteroatoms. The van der Waals surface area contributed by atoms with Crippen LogP contribution in [0, 0.1) is 23.5 Å². The third-order valence-electron chi connectivity index (χ3n) is 3.47. The number of hydrogen-bond donors (Lipinski definition) is 1. The van der Waals surface area contributed by atoms with E-state index in [2.05, 4.69) is 0 Å². The van der Waals surface area contributed by atoms with E-state index in [9.17, 15) is 13.6 Å². The molecule has 0 radical (unpaired) electrons. The third-order valence-corrected chi connectivity index (χ3v) is 3.47. The Balaban J connectivity index is 2.12. The minimum atomic E-state index is -0.810. The highest BCUT2D eigenvalue weighted by atomic mass is 19.1. The highest BCUT2D eigenvalue weighted by Gasteiger charge is 2.33. The van der Waals surface area contributed by atoms with Crippen LogP contribution in [0.4, 0.5) is 8.78 Å². The zero-order chi connectivity index (χ0) is 12.4. The molecule has 2 unspecified atom stereocenters. The molecule has 0 aromatic heterocycles. The number of halogens is 2. The molecule has 0 saturated heterocycles. The van der Waals surface area contributed by atoms with Gasteiger partial charge in [0.25, 0.3) is 0 Å². The zero-order valence-electron chi connectivity index (χ0n) is 9.33. The minimum absolute atomic E-state index is 0.0348. The maximum atomic E-state index is 13.4. The molecule has 2 atom stereocenters. The van der Waals surface area contributed by atoms with Crippen LogP contribution in [0.1, 0.15) is 24.8 Å². The molecule has 0 amide bonds. The van der Waals surface area contributed by atoms with Crippen molar-refractivity contribution in [1.29, 1.82) is 0 Å². The van der Waals surface area contributed by atoms with Gasteiger partial charge in [-0.3, -0.25) is 4.79 Å². The van der Waals surface area contributed by atoms with Crippen LogP contribution in [0.2, 0.25) is 0 Å². The Morgan fingerprint density at radius 1 is 1.35 bits per heavy atom. The smallest absolute Gasteiger partial charge is 0.306 e. The van der Waals surface area contributed by atoms with Gasteiger partial charge in [0.15, 0.2) is 0 Å². The minimum Gasteiger partial charge on any atom is -0.481 e. The first kappa shape index (κ1) is 12.0. The Labute approximate surface area is 98.3 Å². The van der Waals surface area contributed by atoms with Crippen LogP contribution in [-0.4, -0.2) is 11.1 Å². The predicted octanol–water partition coefficient (Wildman–Crippen LogP) is 3.01. The van der Waals surface area contributed by atoms with Crippen molar-refractivity contribution >= 4 is 5.97 Å². The molecule has 1 aromatic rings. The molecule has 17 heavy (non-hydrogen) atoms. The topological polar surface area (TPSA) is 37.3 Å². The van der Waals surface area contributed by atoms with E-state index in [1.54, 1.807) is 0 Å². The molecule has 2 rings (SSSR count). The van der Waals surface area contributed by atoms with Crippen LogP contribution in [0.5, 0.6) is 0 Å². The van der Waals surface area contributed by atoms with Crippen LogP contribution in [0.15, 0.2) is 18.2 Å². The quantitative estimate of drug-likeness (QED) is 0.881. The fourth-order valence-electron chi connectivity index (χ4n) is 2.58. The van der Waals surface area contributed by atoms with Gasteiger partial charge in [-0.2, -0.15) is 0 Å². The van der Waals surface area contributed by atoms with Gasteiger partial charge in [-0.1, -0.05) is 12.5 Å². The molecule has 1 aliphatic carbocycles. The number of carboxylic acids is 1. The Bertz CT molecular complexity index is 431. The van der Waals surface area contributed by atoms with Gasteiger partial charge >= 0.3 is 5.97 Å². The maximum Gasteiger partial charge on any atom is 0.306 e. The fraction of sp³-hybridized carbons (Fsp3) is 0.462. The van der Waals surface area contributed by atoms with Gasteiger partial charge < -0.3 is 5.11 Å². The van der Waals surface area contributed by atoms with Gasteiger partial charge in [0.2, 0.25) is 0 Å². The first-order valence-corrected chi connectivity index (χ1v) is 5.74. The molecule has 0 heterocycles. The average Bonchev–Trinajstić information content (AvgIpc) is 2.70. The first-order chi connectivity index (χ1) is 8.08. The monoisotopic (exact) mass is 240 g/mol. The summed E-state index contributed by atoms with van der Waals surface area (Å²) in [5.74, 6) is -2.42. The van der Waals surface area contributed by atoms with E-state index in [1.165, 1.54) is 12.1 Å². The van der Waals surface area contributed by atoms with Crippen LogP contribution >= 0.6 is 0 Å². The highest BCUT2D eigenvalue weighted by Crippen LogP contribution is 2.34. The molecule has 1 fully saturated rings. The summed E-state index contributed by atoms with van der Waals surface area (Å²) >= 11 is 0. The van der Waals surface area contributed by atoms with Gasteiger partial charge in [-0.25, -0.2) is 8.78 Å². The van der Waals surface area contributed by atoms with Crippen molar-refractivity contribution in [2.75, 3.05) is 0 Å². The molecule has 92 valence electrons. The summed E-state index contributed by atoms with van der Waals surface area (Å²) in [6.45, 7) is 0. The lowest BCUT2D eigenvalue weighted by Crippen LogP contribution is -2.20. The number of hydrogen-bond acceptors (Lipinski definition) is 1. The molecule has 0 spiro atoms. The number of carbonyl (C=O) groups is 1. The molecule has 0 bridgehead atoms. The molecule has 1 aromatic carbocycles. The van der Waals surface area contributed by atoms with E-state index in [-0.39, 0.29) is 11.8 Å². The van der Waals surface area contributed by atoms with Crippen molar-refractivity contribution in [2.24, 2.45) is 11.8 Å². The number of carboxylic acid groups (broad SMARTS) is 1. The van der Waals surface area contributed by atoms with Gasteiger partial charge in [0.05, 0.1) is 5.92 Å². The fourth-order valence-corrected chi connectivity index (χ4v) is 2.58. The van der Waals surface area contributed by atoms with Crippen LogP contribution in [-0.2, 0) is 11.2 Å². The lowest BCUT2D eigenvalue weighted by molar-refractivity contribution is -0.142. The maximum absolute atomic E-state index is 13.4. The predicted molar refractivity (Wildman–Crippen MR) is 58.5 cm³/mol. The molecular formula is C13H14F2O2. The molecule has 1 N–H and O–H groups in total. The average molecular weight is 240 g/mol. The lowest BCUT2D eigenvalue weighted by atomic mass is 9.89. The Morgan fingerprint density at radius 2 is 2.12 bits per heavy atom. The highest BCUT2D eigenvalue weighted by molar-refractivity contribution is 5.70. The second-order valence-corrected chi connectivity index (χ2v) is 4.58. The summed E-state index contributed by atoms with van der Waals surface area (Å²) < 4.78 is 26.2. The van der Waals surface area contributed by atoms with Crippen molar-refractivity contribution in [3.05, 3.63) is 35.4 Å². The van der Waals surface area contributed by atoms with Crippen molar-refractivity contribution in [3.8, 4) is 0 Å². The van der Waals surface area contributed by atoms with E-state index >= 15 is 0 Å². The summed E-state index contributed by atoms with van der Waals surface area (Å²) in [5.41, 5.74) is 0.407. The Morgan fingerprint density at radius 3 is 2.76 bits per heavy atom. The van der Waals surface area contributed by atoms with E-state index < -0.39 is 17.6 Å². The third kappa shape index (κ3) is 2.62. The van der Waals surface area contributed by atoms with Crippen molar-refractivity contribution in [2.45, 2.75) is 25.7 Å².